The number of methoxy groups -OCH3 is 1. The lowest BCUT2D eigenvalue weighted by atomic mass is 10.4. The number of hydrogen-bond acceptors (Lipinski definition) is 6. The average Bonchev–Trinajstić information content (AvgIpc) is 2.38. The van der Waals surface area contributed by atoms with E-state index in [1.807, 2.05) is 0 Å². The smallest absolute Gasteiger partial charge is 0.358 e. The zero-order valence-corrected chi connectivity index (χ0v) is 10.9. The summed E-state index contributed by atoms with van der Waals surface area (Å²) >= 11 is 3.32. The number of carbonyl (C=O) groups excluding carboxylic acids is 1. The van der Waals surface area contributed by atoms with Gasteiger partial charge in [0, 0.05) is 13.1 Å². The molecular weight excluding hydrogens is 290 g/mol. The fourth-order valence-corrected chi connectivity index (χ4v) is 2.09. The normalized spacial score (nSPS) is 15.8. The van der Waals surface area contributed by atoms with Gasteiger partial charge in [-0.05, 0) is 15.9 Å². The van der Waals surface area contributed by atoms with Gasteiger partial charge in [-0.3, -0.25) is 0 Å². The van der Waals surface area contributed by atoms with Crippen molar-refractivity contribution in [1.82, 2.24) is 9.97 Å². The van der Waals surface area contributed by atoms with E-state index in [9.17, 15) is 4.79 Å². The van der Waals surface area contributed by atoms with Crippen LogP contribution in [0.3, 0.4) is 0 Å². The van der Waals surface area contributed by atoms with E-state index in [0.29, 0.717) is 17.8 Å². The molecule has 1 aromatic rings. The van der Waals surface area contributed by atoms with E-state index in [1.54, 1.807) is 0 Å². The SMILES string of the molecule is COC(=O)c1cnc(N2CCOCC2)c(Br)n1. The second-order valence-electron chi connectivity index (χ2n) is 3.46. The summed E-state index contributed by atoms with van der Waals surface area (Å²) in [4.78, 5) is 21.7. The highest BCUT2D eigenvalue weighted by atomic mass is 79.9. The van der Waals surface area contributed by atoms with E-state index in [-0.39, 0.29) is 5.69 Å². The molecule has 1 aliphatic heterocycles. The number of morpholine rings is 1. The fourth-order valence-electron chi connectivity index (χ4n) is 1.55. The Labute approximate surface area is 107 Å². The van der Waals surface area contributed by atoms with Gasteiger partial charge < -0.3 is 14.4 Å². The highest BCUT2D eigenvalue weighted by Crippen LogP contribution is 2.22. The molecule has 0 bridgehead atoms. The summed E-state index contributed by atoms with van der Waals surface area (Å²) in [5.41, 5.74) is 0.191. The largest absolute Gasteiger partial charge is 0.464 e. The molecule has 1 fully saturated rings. The van der Waals surface area contributed by atoms with Crippen molar-refractivity contribution in [3.63, 3.8) is 0 Å². The predicted octanol–water partition coefficient (Wildman–Crippen LogP) is 0.862. The molecule has 2 rings (SSSR count). The topological polar surface area (TPSA) is 64.5 Å². The summed E-state index contributed by atoms with van der Waals surface area (Å²) in [7, 11) is 1.31. The fraction of sp³-hybridized carbons (Fsp3) is 0.500. The van der Waals surface area contributed by atoms with Crippen LogP contribution in [-0.2, 0) is 9.47 Å². The Balaban J connectivity index is 2.21. The number of aromatic nitrogens is 2. The van der Waals surface area contributed by atoms with Crippen LogP contribution in [0.15, 0.2) is 10.8 Å². The van der Waals surface area contributed by atoms with E-state index < -0.39 is 5.97 Å². The summed E-state index contributed by atoms with van der Waals surface area (Å²) in [5.74, 6) is 0.229. The van der Waals surface area contributed by atoms with Crippen LogP contribution >= 0.6 is 15.9 Å². The predicted molar refractivity (Wildman–Crippen MR) is 64.1 cm³/mol. The van der Waals surface area contributed by atoms with Crippen molar-refractivity contribution >= 4 is 27.7 Å². The maximum Gasteiger partial charge on any atom is 0.358 e. The van der Waals surface area contributed by atoms with Crippen LogP contribution in [0.1, 0.15) is 10.5 Å². The van der Waals surface area contributed by atoms with Crippen molar-refractivity contribution in [3.05, 3.63) is 16.5 Å². The molecular formula is C10H12BrN3O3. The third-order valence-corrected chi connectivity index (χ3v) is 2.95. The van der Waals surface area contributed by atoms with Gasteiger partial charge in [0.2, 0.25) is 0 Å². The van der Waals surface area contributed by atoms with Crippen LogP contribution in [0.4, 0.5) is 5.82 Å². The molecule has 17 heavy (non-hydrogen) atoms. The van der Waals surface area contributed by atoms with Gasteiger partial charge in [0.15, 0.2) is 11.5 Å². The van der Waals surface area contributed by atoms with Gasteiger partial charge in [-0.15, -0.1) is 0 Å². The number of halogens is 1. The van der Waals surface area contributed by atoms with E-state index in [2.05, 4.69) is 35.5 Å². The van der Waals surface area contributed by atoms with Crippen molar-refractivity contribution < 1.29 is 14.3 Å². The number of hydrogen-bond donors (Lipinski definition) is 0. The summed E-state index contributed by atoms with van der Waals surface area (Å²) in [6.07, 6.45) is 1.42. The van der Waals surface area contributed by atoms with Crippen molar-refractivity contribution in [2.75, 3.05) is 38.3 Å². The van der Waals surface area contributed by atoms with Crippen molar-refractivity contribution in [3.8, 4) is 0 Å². The number of rotatable bonds is 2. The van der Waals surface area contributed by atoms with Gasteiger partial charge in [-0.1, -0.05) is 0 Å². The van der Waals surface area contributed by atoms with E-state index in [1.165, 1.54) is 13.3 Å². The van der Waals surface area contributed by atoms with Gasteiger partial charge in [0.25, 0.3) is 0 Å². The Morgan fingerprint density at radius 3 is 2.82 bits per heavy atom. The monoisotopic (exact) mass is 301 g/mol. The first-order valence-corrected chi connectivity index (χ1v) is 5.95. The molecule has 2 heterocycles. The highest BCUT2D eigenvalue weighted by Gasteiger charge is 2.18. The first-order chi connectivity index (χ1) is 8.22. The van der Waals surface area contributed by atoms with E-state index in [4.69, 9.17) is 4.74 Å². The lowest BCUT2D eigenvalue weighted by Crippen LogP contribution is -2.37. The van der Waals surface area contributed by atoms with Crippen molar-refractivity contribution in [2.24, 2.45) is 0 Å². The molecule has 0 spiro atoms. The van der Waals surface area contributed by atoms with Crippen LogP contribution in [0.5, 0.6) is 0 Å². The minimum Gasteiger partial charge on any atom is -0.464 e. The number of ether oxygens (including phenoxy) is 2. The second-order valence-corrected chi connectivity index (χ2v) is 4.21. The van der Waals surface area contributed by atoms with Gasteiger partial charge in [0.1, 0.15) is 4.60 Å². The lowest BCUT2D eigenvalue weighted by molar-refractivity contribution is 0.0593. The summed E-state index contributed by atoms with van der Waals surface area (Å²) in [6.45, 7) is 2.88. The number of anilines is 1. The van der Waals surface area contributed by atoms with Gasteiger partial charge in [-0.25, -0.2) is 14.8 Å². The maximum atomic E-state index is 11.3. The Bertz CT molecular complexity index is 421. The molecule has 0 radical (unpaired) electrons. The van der Waals surface area contributed by atoms with Gasteiger partial charge >= 0.3 is 5.97 Å². The second kappa shape index (κ2) is 5.42. The molecule has 0 aliphatic carbocycles. The number of esters is 1. The zero-order valence-electron chi connectivity index (χ0n) is 9.35. The first-order valence-electron chi connectivity index (χ1n) is 5.16. The lowest BCUT2D eigenvalue weighted by Gasteiger charge is -2.28. The first kappa shape index (κ1) is 12.3. The zero-order chi connectivity index (χ0) is 12.3. The molecule has 0 atom stereocenters. The third kappa shape index (κ3) is 2.73. The average molecular weight is 302 g/mol. The van der Waals surface area contributed by atoms with Crippen LogP contribution < -0.4 is 4.90 Å². The summed E-state index contributed by atoms with van der Waals surface area (Å²) < 4.78 is 10.4. The minimum atomic E-state index is -0.494. The quantitative estimate of drug-likeness (QED) is 0.755. The molecule has 0 aromatic carbocycles. The molecule has 0 amide bonds. The third-order valence-electron chi connectivity index (χ3n) is 2.42. The molecule has 1 saturated heterocycles. The summed E-state index contributed by atoms with van der Waals surface area (Å²) in [6, 6.07) is 0. The minimum absolute atomic E-state index is 0.191. The van der Waals surface area contributed by atoms with Crippen LogP contribution in [0.25, 0.3) is 0 Å². The number of carbonyl (C=O) groups is 1. The maximum absolute atomic E-state index is 11.3. The Morgan fingerprint density at radius 1 is 1.53 bits per heavy atom. The van der Waals surface area contributed by atoms with Crippen molar-refractivity contribution in [2.45, 2.75) is 0 Å². The highest BCUT2D eigenvalue weighted by molar-refractivity contribution is 9.10. The van der Waals surface area contributed by atoms with Gasteiger partial charge in [0.05, 0.1) is 26.5 Å². The molecule has 6 nitrogen and oxygen atoms in total. The standard InChI is InChI=1S/C10H12BrN3O3/c1-16-10(15)7-6-12-9(8(11)13-7)14-2-4-17-5-3-14/h6H,2-5H2,1H3. The molecule has 1 aliphatic rings. The van der Waals surface area contributed by atoms with Crippen LogP contribution in [0, 0.1) is 0 Å². The van der Waals surface area contributed by atoms with E-state index in [0.717, 1.165) is 18.9 Å². The van der Waals surface area contributed by atoms with Crippen LogP contribution in [0.2, 0.25) is 0 Å². The van der Waals surface area contributed by atoms with Gasteiger partial charge in [-0.2, -0.15) is 0 Å². The van der Waals surface area contributed by atoms with Crippen LogP contribution in [-0.4, -0.2) is 49.4 Å². The number of nitrogens with zero attached hydrogens (tertiary/aromatic N) is 3. The molecule has 0 N–H and O–H groups in total. The Kier molecular flexibility index (Phi) is 3.90. The Morgan fingerprint density at radius 2 is 2.24 bits per heavy atom. The molecule has 0 saturated carbocycles. The molecule has 92 valence electrons. The molecule has 0 unspecified atom stereocenters. The van der Waals surface area contributed by atoms with Crippen molar-refractivity contribution in [1.29, 1.82) is 0 Å². The molecule has 7 heteroatoms. The molecule has 1 aromatic heterocycles. The Hall–Kier alpha value is -1.21. The summed E-state index contributed by atoms with van der Waals surface area (Å²) in [5, 5.41) is 0. The van der Waals surface area contributed by atoms with E-state index >= 15 is 0 Å².